The standard InChI is InChI=1S/C16H19N3O3/c1-10-6-11(16(21)22)9-19(8-10)15(20)7-14-12-4-2-3-5-13(12)17-18-14/h2-5,10-11H,6-9H2,1H3,(H,17,18)(H,21,22). The SMILES string of the molecule is CC1CC(C(=O)O)CN(C(=O)Cc2[nH]nc3ccccc23)C1. The van der Waals surface area contributed by atoms with Crippen molar-refractivity contribution >= 4 is 22.8 Å². The van der Waals surface area contributed by atoms with Gasteiger partial charge in [0.1, 0.15) is 0 Å². The summed E-state index contributed by atoms with van der Waals surface area (Å²) in [7, 11) is 0. The second-order valence-corrected chi connectivity index (χ2v) is 6.07. The largest absolute Gasteiger partial charge is 0.481 e. The van der Waals surface area contributed by atoms with Crippen LogP contribution in [0.5, 0.6) is 0 Å². The van der Waals surface area contributed by atoms with Gasteiger partial charge in [-0.15, -0.1) is 0 Å². The lowest BCUT2D eigenvalue weighted by Gasteiger charge is -2.34. The van der Waals surface area contributed by atoms with Gasteiger partial charge in [-0.2, -0.15) is 5.10 Å². The Morgan fingerprint density at radius 2 is 2.14 bits per heavy atom. The van der Waals surface area contributed by atoms with Gasteiger partial charge >= 0.3 is 5.97 Å². The van der Waals surface area contributed by atoms with Gasteiger partial charge in [-0.25, -0.2) is 0 Å². The Bertz CT molecular complexity index is 709. The zero-order chi connectivity index (χ0) is 15.7. The maximum Gasteiger partial charge on any atom is 0.308 e. The molecule has 0 aliphatic carbocycles. The number of carbonyl (C=O) groups is 2. The predicted molar refractivity (Wildman–Crippen MR) is 81.3 cm³/mol. The first-order valence-electron chi connectivity index (χ1n) is 7.47. The van der Waals surface area contributed by atoms with Gasteiger partial charge < -0.3 is 10.0 Å². The number of benzene rings is 1. The lowest BCUT2D eigenvalue weighted by atomic mass is 9.90. The number of carboxylic acid groups (broad SMARTS) is 1. The van der Waals surface area contributed by atoms with Crippen molar-refractivity contribution in [3.8, 4) is 0 Å². The number of nitrogens with zero attached hydrogens (tertiary/aromatic N) is 2. The van der Waals surface area contributed by atoms with E-state index in [1.807, 2.05) is 31.2 Å². The quantitative estimate of drug-likeness (QED) is 0.903. The average Bonchev–Trinajstić information content (AvgIpc) is 2.90. The van der Waals surface area contributed by atoms with Crippen molar-refractivity contribution in [2.24, 2.45) is 11.8 Å². The van der Waals surface area contributed by atoms with E-state index >= 15 is 0 Å². The molecule has 6 heteroatoms. The molecule has 1 amide bonds. The van der Waals surface area contributed by atoms with E-state index in [4.69, 9.17) is 0 Å². The molecule has 0 spiro atoms. The summed E-state index contributed by atoms with van der Waals surface area (Å²) in [6.45, 7) is 2.90. The third-order valence-corrected chi connectivity index (χ3v) is 4.23. The van der Waals surface area contributed by atoms with Gasteiger partial charge in [-0.1, -0.05) is 25.1 Å². The van der Waals surface area contributed by atoms with Crippen molar-refractivity contribution in [3.05, 3.63) is 30.0 Å². The number of fused-ring (bicyclic) bond motifs is 1. The highest BCUT2D eigenvalue weighted by Crippen LogP contribution is 2.23. The molecule has 22 heavy (non-hydrogen) atoms. The Morgan fingerprint density at radius 3 is 2.91 bits per heavy atom. The highest BCUT2D eigenvalue weighted by Gasteiger charge is 2.32. The highest BCUT2D eigenvalue weighted by molar-refractivity contribution is 5.87. The number of likely N-dealkylation sites (tertiary alicyclic amines) is 1. The summed E-state index contributed by atoms with van der Waals surface area (Å²) in [5, 5.41) is 17.2. The monoisotopic (exact) mass is 301 g/mol. The summed E-state index contributed by atoms with van der Waals surface area (Å²) in [4.78, 5) is 25.4. The topological polar surface area (TPSA) is 86.3 Å². The van der Waals surface area contributed by atoms with E-state index < -0.39 is 11.9 Å². The van der Waals surface area contributed by atoms with E-state index in [1.165, 1.54) is 0 Å². The lowest BCUT2D eigenvalue weighted by molar-refractivity contribution is -0.146. The molecule has 1 aromatic carbocycles. The van der Waals surface area contributed by atoms with Gasteiger partial charge in [-0.05, 0) is 18.4 Å². The number of nitrogens with one attached hydrogen (secondary N) is 1. The molecular formula is C16H19N3O3. The van der Waals surface area contributed by atoms with Gasteiger partial charge in [0.2, 0.25) is 5.91 Å². The molecule has 1 fully saturated rings. The lowest BCUT2D eigenvalue weighted by Crippen LogP contribution is -2.46. The second-order valence-electron chi connectivity index (χ2n) is 6.07. The molecule has 1 aliphatic rings. The molecule has 116 valence electrons. The van der Waals surface area contributed by atoms with Crippen LogP contribution in [0.15, 0.2) is 24.3 Å². The number of H-pyrrole nitrogens is 1. The molecule has 0 radical (unpaired) electrons. The Hall–Kier alpha value is -2.37. The number of aliphatic carboxylic acids is 1. The van der Waals surface area contributed by atoms with Crippen molar-refractivity contribution in [1.29, 1.82) is 0 Å². The summed E-state index contributed by atoms with van der Waals surface area (Å²) >= 11 is 0. The number of carboxylic acids is 1. The fourth-order valence-electron chi connectivity index (χ4n) is 3.15. The van der Waals surface area contributed by atoms with Gasteiger partial charge in [0.25, 0.3) is 0 Å². The van der Waals surface area contributed by atoms with Crippen LogP contribution in [0.3, 0.4) is 0 Å². The molecule has 2 heterocycles. The Labute approximate surface area is 128 Å². The molecule has 0 bridgehead atoms. The van der Waals surface area contributed by atoms with E-state index in [-0.39, 0.29) is 18.2 Å². The van der Waals surface area contributed by atoms with Crippen LogP contribution in [0.2, 0.25) is 0 Å². The Morgan fingerprint density at radius 1 is 1.36 bits per heavy atom. The number of para-hydroxylation sites is 1. The molecule has 2 unspecified atom stereocenters. The van der Waals surface area contributed by atoms with Gasteiger partial charge in [0.05, 0.1) is 23.5 Å². The molecule has 2 N–H and O–H groups in total. The highest BCUT2D eigenvalue weighted by atomic mass is 16.4. The smallest absolute Gasteiger partial charge is 0.308 e. The number of carbonyl (C=O) groups excluding carboxylic acids is 1. The third-order valence-electron chi connectivity index (χ3n) is 4.23. The molecule has 2 aromatic rings. The van der Waals surface area contributed by atoms with Crippen molar-refractivity contribution in [2.75, 3.05) is 13.1 Å². The van der Waals surface area contributed by atoms with Crippen molar-refractivity contribution in [3.63, 3.8) is 0 Å². The molecule has 1 saturated heterocycles. The van der Waals surface area contributed by atoms with Crippen LogP contribution in [0.1, 0.15) is 19.0 Å². The normalized spacial score (nSPS) is 22.0. The predicted octanol–water partition coefficient (Wildman–Crippen LogP) is 1.67. The van der Waals surface area contributed by atoms with Crippen LogP contribution >= 0.6 is 0 Å². The summed E-state index contributed by atoms with van der Waals surface area (Å²) in [6.07, 6.45) is 0.853. The van der Waals surface area contributed by atoms with Gasteiger partial charge in [-0.3, -0.25) is 14.7 Å². The molecule has 2 atom stereocenters. The molecule has 6 nitrogen and oxygen atoms in total. The summed E-state index contributed by atoms with van der Waals surface area (Å²) in [5.74, 6) is -1.13. The van der Waals surface area contributed by atoms with Crippen molar-refractivity contribution in [2.45, 2.75) is 19.8 Å². The number of aromatic nitrogens is 2. The molecule has 0 saturated carbocycles. The molecule has 1 aliphatic heterocycles. The molecule has 1 aromatic heterocycles. The summed E-state index contributed by atoms with van der Waals surface area (Å²) in [5.41, 5.74) is 1.62. The maximum atomic E-state index is 12.5. The number of aromatic amines is 1. The average molecular weight is 301 g/mol. The minimum Gasteiger partial charge on any atom is -0.481 e. The maximum absolute atomic E-state index is 12.5. The first-order chi connectivity index (χ1) is 10.5. The van der Waals surface area contributed by atoms with Gasteiger partial charge in [0.15, 0.2) is 0 Å². The van der Waals surface area contributed by atoms with Crippen LogP contribution in [0.25, 0.3) is 10.9 Å². The molecule has 3 rings (SSSR count). The van der Waals surface area contributed by atoms with Crippen molar-refractivity contribution in [1.82, 2.24) is 15.1 Å². The van der Waals surface area contributed by atoms with E-state index in [9.17, 15) is 14.7 Å². The van der Waals surface area contributed by atoms with Gasteiger partial charge in [0, 0.05) is 18.5 Å². The van der Waals surface area contributed by atoms with Crippen LogP contribution < -0.4 is 0 Å². The number of amides is 1. The van der Waals surface area contributed by atoms with Crippen LogP contribution in [0, 0.1) is 11.8 Å². The number of hydrogen-bond donors (Lipinski definition) is 2. The van der Waals surface area contributed by atoms with E-state index in [0.717, 1.165) is 16.6 Å². The Balaban J connectivity index is 1.75. The zero-order valence-electron chi connectivity index (χ0n) is 12.5. The van der Waals surface area contributed by atoms with Crippen LogP contribution in [-0.2, 0) is 16.0 Å². The first kappa shape index (κ1) is 14.6. The summed E-state index contributed by atoms with van der Waals surface area (Å²) < 4.78 is 0. The minimum absolute atomic E-state index is 0.0489. The summed E-state index contributed by atoms with van der Waals surface area (Å²) in [6, 6.07) is 7.64. The van der Waals surface area contributed by atoms with Crippen LogP contribution in [-0.4, -0.2) is 45.2 Å². The fraction of sp³-hybridized carbons (Fsp3) is 0.438. The Kier molecular flexibility index (Phi) is 3.83. The first-order valence-corrected chi connectivity index (χ1v) is 7.47. The fourth-order valence-corrected chi connectivity index (χ4v) is 3.15. The number of piperidine rings is 1. The van der Waals surface area contributed by atoms with Crippen LogP contribution in [0.4, 0.5) is 0 Å². The molecular weight excluding hydrogens is 282 g/mol. The second kappa shape index (κ2) is 5.79. The minimum atomic E-state index is -0.823. The zero-order valence-corrected chi connectivity index (χ0v) is 12.5. The van der Waals surface area contributed by atoms with E-state index in [1.54, 1.807) is 4.90 Å². The number of rotatable bonds is 3. The number of hydrogen-bond acceptors (Lipinski definition) is 3. The third kappa shape index (κ3) is 2.81. The van der Waals surface area contributed by atoms with E-state index in [2.05, 4.69) is 10.2 Å². The van der Waals surface area contributed by atoms with Crippen molar-refractivity contribution < 1.29 is 14.7 Å². The van der Waals surface area contributed by atoms with E-state index in [0.29, 0.717) is 19.5 Å².